The van der Waals surface area contributed by atoms with Gasteiger partial charge in [0.25, 0.3) is 0 Å². The van der Waals surface area contributed by atoms with E-state index in [2.05, 4.69) is 4.98 Å². The molecule has 1 N–H and O–H groups in total. The molecule has 0 aliphatic carbocycles. The molecule has 0 saturated carbocycles. The van der Waals surface area contributed by atoms with Crippen LogP contribution >= 0.6 is 0 Å². The Morgan fingerprint density at radius 1 is 1.53 bits per heavy atom. The maximum Gasteiger partial charge on any atom is 0.170 e. The molecule has 2 aromatic rings. The van der Waals surface area contributed by atoms with Crippen LogP contribution in [0.5, 0.6) is 0 Å². The number of anilines is 1. The number of aliphatic hydroxyl groups is 1. The predicted molar refractivity (Wildman–Crippen MR) is 69.6 cm³/mol. The van der Waals surface area contributed by atoms with E-state index in [0.29, 0.717) is 31.2 Å². The molecule has 1 unspecified atom stereocenters. The van der Waals surface area contributed by atoms with Crippen molar-refractivity contribution in [2.24, 2.45) is 0 Å². The first kappa shape index (κ1) is 12.1. The van der Waals surface area contributed by atoms with Crippen molar-refractivity contribution < 1.29 is 14.6 Å². The molecule has 1 aliphatic rings. The average molecular weight is 261 g/mol. The lowest BCUT2D eigenvalue weighted by Gasteiger charge is -2.32. The zero-order valence-corrected chi connectivity index (χ0v) is 10.4. The molecular weight excluding hydrogens is 246 g/mol. The van der Waals surface area contributed by atoms with Gasteiger partial charge in [-0.15, -0.1) is 0 Å². The molecule has 0 amide bonds. The minimum Gasteiger partial charge on any atom is -0.394 e. The normalized spacial score (nSPS) is 19.8. The topological polar surface area (TPSA) is 67.1 Å². The number of ether oxygens (including phenoxy) is 1. The number of hydrogen-bond donors (Lipinski definition) is 1. The Bertz CT molecular complexity index is 596. The van der Waals surface area contributed by atoms with Crippen molar-refractivity contribution in [3.8, 4) is 0 Å². The summed E-state index contributed by atoms with van der Waals surface area (Å²) in [6, 6.07) is 5.61. The third-order valence-electron chi connectivity index (χ3n) is 3.30. The second-order valence-corrected chi connectivity index (χ2v) is 4.49. The van der Waals surface area contributed by atoms with E-state index < -0.39 is 0 Å². The zero-order valence-electron chi connectivity index (χ0n) is 10.4. The fraction of sp³-hybridized carbons (Fsp3) is 0.385. The van der Waals surface area contributed by atoms with E-state index in [9.17, 15) is 9.90 Å². The van der Waals surface area contributed by atoms with Crippen LogP contribution in [0.3, 0.4) is 0 Å². The van der Waals surface area contributed by atoms with Crippen LogP contribution in [0.2, 0.25) is 0 Å². The molecule has 6 nitrogen and oxygen atoms in total. The highest BCUT2D eigenvalue weighted by molar-refractivity contribution is 5.83. The minimum absolute atomic E-state index is 0.0275. The summed E-state index contributed by atoms with van der Waals surface area (Å²) in [5.74, 6) is 0.656. The highest BCUT2D eigenvalue weighted by Crippen LogP contribution is 2.22. The summed E-state index contributed by atoms with van der Waals surface area (Å²) in [5.41, 5.74) is 1.28. The van der Waals surface area contributed by atoms with Gasteiger partial charge in [-0.25, -0.2) is 4.98 Å². The number of morpholine rings is 1. The lowest BCUT2D eigenvalue weighted by Crippen LogP contribution is -2.44. The molecule has 2 aromatic heterocycles. The van der Waals surface area contributed by atoms with Gasteiger partial charge in [-0.2, -0.15) is 0 Å². The molecular formula is C13H15N3O3. The summed E-state index contributed by atoms with van der Waals surface area (Å²) in [6.07, 6.45) is 2.41. The molecule has 0 radical (unpaired) electrons. The molecule has 1 atom stereocenters. The third-order valence-corrected chi connectivity index (χ3v) is 3.30. The largest absolute Gasteiger partial charge is 0.394 e. The van der Waals surface area contributed by atoms with Gasteiger partial charge in [-0.05, 0) is 12.1 Å². The summed E-state index contributed by atoms with van der Waals surface area (Å²) in [7, 11) is 0. The molecule has 1 fully saturated rings. The number of pyridine rings is 1. The van der Waals surface area contributed by atoms with Crippen LogP contribution in [-0.4, -0.2) is 53.2 Å². The highest BCUT2D eigenvalue weighted by atomic mass is 16.5. The summed E-state index contributed by atoms with van der Waals surface area (Å²) >= 11 is 0. The van der Waals surface area contributed by atoms with Gasteiger partial charge in [0.1, 0.15) is 11.3 Å². The van der Waals surface area contributed by atoms with E-state index in [1.165, 1.54) is 0 Å². The molecule has 3 heterocycles. The van der Waals surface area contributed by atoms with Gasteiger partial charge >= 0.3 is 0 Å². The predicted octanol–water partition coefficient (Wildman–Crippen LogP) is 0.344. The number of aromatic nitrogens is 2. The highest BCUT2D eigenvalue weighted by Gasteiger charge is 2.24. The number of hydrogen-bond acceptors (Lipinski definition) is 5. The van der Waals surface area contributed by atoms with Crippen LogP contribution < -0.4 is 4.90 Å². The van der Waals surface area contributed by atoms with Crippen LogP contribution in [0.4, 0.5) is 5.82 Å². The molecule has 0 aromatic carbocycles. The number of nitrogens with zero attached hydrogens (tertiary/aromatic N) is 3. The summed E-state index contributed by atoms with van der Waals surface area (Å²) in [5, 5.41) is 9.18. The minimum atomic E-state index is -0.224. The Kier molecular flexibility index (Phi) is 3.18. The van der Waals surface area contributed by atoms with Gasteiger partial charge in [0.15, 0.2) is 12.1 Å². The van der Waals surface area contributed by atoms with E-state index in [1.807, 2.05) is 29.3 Å². The Hall–Kier alpha value is -1.92. The van der Waals surface area contributed by atoms with Gasteiger partial charge in [0.2, 0.25) is 0 Å². The molecule has 0 spiro atoms. The Morgan fingerprint density at radius 3 is 3.21 bits per heavy atom. The molecule has 0 bridgehead atoms. The first-order valence-corrected chi connectivity index (χ1v) is 6.23. The number of carbonyl (C=O) groups excluding carboxylic acids is 1. The Labute approximate surface area is 110 Å². The maximum absolute atomic E-state index is 11.3. The van der Waals surface area contributed by atoms with Crippen molar-refractivity contribution in [1.82, 2.24) is 9.38 Å². The van der Waals surface area contributed by atoms with Crippen molar-refractivity contribution in [3.05, 3.63) is 30.1 Å². The molecule has 1 saturated heterocycles. The van der Waals surface area contributed by atoms with E-state index >= 15 is 0 Å². The van der Waals surface area contributed by atoms with Gasteiger partial charge < -0.3 is 14.7 Å². The van der Waals surface area contributed by atoms with E-state index in [4.69, 9.17) is 4.74 Å². The maximum atomic E-state index is 11.3. The van der Waals surface area contributed by atoms with E-state index in [0.717, 1.165) is 11.9 Å². The fourth-order valence-corrected chi connectivity index (χ4v) is 2.37. The smallest absolute Gasteiger partial charge is 0.170 e. The number of aliphatic hydroxyl groups excluding tert-OH is 1. The van der Waals surface area contributed by atoms with Crippen LogP contribution in [0.15, 0.2) is 24.4 Å². The molecule has 19 heavy (non-hydrogen) atoms. The van der Waals surface area contributed by atoms with Crippen LogP contribution in [-0.2, 0) is 4.74 Å². The van der Waals surface area contributed by atoms with Gasteiger partial charge in [0.05, 0.1) is 19.3 Å². The monoisotopic (exact) mass is 261 g/mol. The Balaban J connectivity index is 2.01. The van der Waals surface area contributed by atoms with E-state index in [-0.39, 0.29) is 12.7 Å². The van der Waals surface area contributed by atoms with E-state index in [1.54, 1.807) is 4.40 Å². The third kappa shape index (κ3) is 2.09. The standard InChI is InChI=1S/C13H15N3O3/c17-8-10-7-15(5-6-19-10)13-11(9-18)16-4-2-1-3-12(16)14-13/h1-4,9-10,17H,5-8H2. The van der Waals surface area contributed by atoms with Crippen molar-refractivity contribution in [1.29, 1.82) is 0 Å². The number of rotatable bonds is 3. The van der Waals surface area contributed by atoms with Gasteiger partial charge in [0, 0.05) is 19.3 Å². The zero-order chi connectivity index (χ0) is 13.2. The summed E-state index contributed by atoms with van der Waals surface area (Å²) < 4.78 is 7.18. The number of aldehydes is 1. The second-order valence-electron chi connectivity index (χ2n) is 4.49. The first-order valence-electron chi connectivity index (χ1n) is 6.23. The van der Waals surface area contributed by atoms with Crippen LogP contribution in [0.25, 0.3) is 5.65 Å². The molecule has 6 heteroatoms. The van der Waals surface area contributed by atoms with Gasteiger partial charge in [-0.1, -0.05) is 6.07 Å². The quantitative estimate of drug-likeness (QED) is 0.807. The number of fused-ring (bicyclic) bond motifs is 1. The van der Waals surface area contributed by atoms with Crippen molar-refractivity contribution in [2.45, 2.75) is 6.10 Å². The number of carbonyl (C=O) groups is 1. The van der Waals surface area contributed by atoms with Crippen molar-refractivity contribution >= 4 is 17.8 Å². The number of imidazole rings is 1. The molecule has 1 aliphatic heterocycles. The van der Waals surface area contributed by atoms with Crippen molar-refractivity contribution in [2.75, 3.05) is 31.2 Å². The lowest BCUT2D eigenvalue weighted by molar-refractivity contribution is 0.00336. The Morgan fingerprint density at radius 2 is 2.42 bits per heavy atom. The van der Waals surface area contributed by atoms with Crippen LogP contribution in [0.1, 0.15) is 10.5 Å². The second kappa shape index (κ2) is 4.99. The fourth-order valence-electron chi connectivity index (χ4n) is 2.37. The molecule has 100 valence electrons. The SMILES string of the molecule is O=Cc1c(N2CCOC(CO)C2)nc2ccccn12. The average Bonchev–Trinajstić information content (AvgIpc) is 2.86. The van der Waals surface area contributed by atoms with Crippen LogP contribution in [0, 0.1) is 0 Å². The first-order chi connectivity index (χ1) is 9.33. The summed E-state index contributed by atoms with van der Waals surface area (Å²) in [4.78, 5) is 17.8. The molecule has 3 rings (SSSR count). The summed E-state index contributed by atoms with van der Waals surface area (Å²) in [6.45, 7) is 1.71. The lowest BCUT2D eigenvalue weighted by atomic mass is 10.2. The van der Waals surface area contributed by atoms with Crippen molar-refractivity contribution in [3.63, 3.8) is 0 Å². The van der Waals surface area contributed by atoms with Gasteiger partial charge in [-0.3, -0.25) is 9.20 Å².